The van der Waals surface area contributed by atoms with Gasteiger partial charge in [-0.25, -0.2) is 9.78 Å². The number of carbonyl (C=O) groups excluding carboxylic acids is 1. The lowest BCUT2D eigenvalue weighted by molar-refractivity contribution is -0.145. The molecule has 1 fully saturated rings. The van der Waals surface area contributed by atoms with Crippen molar-refractivity contribution in [2.45, 2.75) is 43.8 Å². The Labute approximate surface area is 175 Å². The SMILES string of the molecule is COc1cc(CC(=O)Nc2cc([C@H]3CC[C@@H](N(CC(F)(F)F)C(=O)O)C3)[nH]n2)ccn1. The molecule has 0 aromatic carbocycles. The van der Waals surface area contributed by atoms with Crippen molar-refractivity contribution in [1.82, 2.24) is 20.1 Å². The summed E-state index contributed by atoms with van der Waals surface area (Å²) in [5.74, 6) is 0.194. The van der Waals surface area contributed by atoms with Crippen LogP contribution in [0.3, 0.4) is 0 Å². The molecular formula is C19H22F3N5O4. The van der Waals surface area contributed by atoms with E-state index in [4.69, 9.17) is 9.84 Å². The van der Waals surface area contributed by atoms with Gasteiger partial charge in [-0.05, 0) is 30.9 Å². The van der Waals surface area contributed by atoms with E-state index in [1.807, 2.05) is 0 Å². The van der Waals surface area contributed by atoms with Crippen molar-refractivity contribution in [1.29, 1.82) is 0 Å². The van der Waals surface area contributed by atoms with Gasteiger partial charge < -0.3 is 15.2 Å². The third-order valence-electron chi connectivity index (χ3n) is 5.12. The number of nitrogens with zero attached hydrogens (tertiary/aromatic N) is 3. The van der Waals surface area contributed by atoms with Crippen molar-refractivity contribution in [2.75, 3.05) is 19.0 Å². The minimum Gasteiger partial charge on any atom is -0.481 e. The Morgan fingerprint density at radius 1 is 1.35 bits per heavy atom. The quantitative estimate of drug-likeness (QED) is 0.607. The average Bonchev–Trinajstić information content (AvgIpc) is 3.34. The van der Waals surface area contributed by atoms with Crippen LogP contribution in [0.25, 0.3) is 0 Å². The number of halogens is 3. The summed E-state index contributed by atoms with van der Waals surface area (Å²) >= 11 is 0. The normalized spacial score (nSPS) is 18.6. The largest absolute Gasteiger partial charge is 0.481 e. The molecule has 0 saturated heterocycles. The Hall–Kier alpha value is -3.31. The number of anilines is 1. The van der Waals surface area contributed by atoms with Gasteiger partial charge in [-0.15, -0.1) is 0 Å². The molecule has 31 heavy (non-hydrogen) atoms. The van der Waals surface area contributed by atoms with Crippen molar-refractivity contribution < 1.29 is 32.6 Å². The van der Waals surface area contributed by atoms with Crippen LogP contribution >= 0.6 is 0 Å². The van der Waals surface area contributed by atoms with Crippen molar-refractivity contribution in [3.05, 3.63) is 35.7 Å². The van der Waals surface area contributed by atoms with E-state index in [1.165, 1.54) is 13.3 Å². The molecule has 0 unspecified atom stereocenters. The molecule has 1 saturated carbocycles. The Bertz CT molecular complexity index is 933. The van der Waals surface area contributed by atoms with Crippen molar-refractivity contribution in [3.8, 4) is 5.88 Å². The molecule has 3 N–H and O–H groups in total. The summed E-state index contributed by atoms with van der Waals surface area (Å²) < 4.78 is 43.1. The molecule has 2 heterocycles. The smallest absolute Gasteiger partial charge is 0.407 e. The number of rotatable bonds is 7. The van der Waals surface area contributed by atoms with Crippen LogP contribution in [0.1, 0.15) is 36.4 Å². The fourth-order valence-corrected chi connectivity index (χ4v) is 3.72. The summed E-state index contributed by atoms with van der Waals surface area (Å²) in [6.45, 7) is -1.50. The fraction of sp³-hybridized carbons (Fsp3) is 0.474. The monoisotopic (exact) mass is 441 g/mol. The van der Waals surface area contributed by atoms with Gasteiger partial charge in [0.15, 0.2) is 5.82 Å². The first-order valence-corrected chi connectivity index (χ1v) is 9.55. The number of hydrogen-bond acceptors (Lipinski definition) is 5. The highest BCUT2D eigenvalue weighted by Gasteiger charge is 2.40. The predicted molar refractivity (Wildman–Crippen MR) is 103 cm³/mol. The molecule has 2 aromatic heterocycles. The van der Waals surface area contributed by atoms with Crippen LogP contribution in [0, 0.1) is 0 Å². The Morgan fingerprint density at radius 2 is 2.13 bits per heavy atom. The number of carbonyl (C=O) groups is 2. The number of carboxylic acid groups (broad SMARTS) is 1. The Balaban J connectivity index is 1.58. The molecule has 12 heteroatoms. The Kier molecular flexibility index (Phi) is 6.66. The molecule has 0 aliphatic heterocycles. The number of methoxy groups -OCH3 is 1. The lowest BCUT2D eigenvalue weighted by Gasteiger charge is -2.27. The van der Waals surface area contributed by atoms with E-state index in [2.05, 4.69) is 20.5 Å². The van der Waals surface area contributed by atoms with Crippen LogP contribution in [0.15, 0.2) is 24.4 Å². The van der Waals surface area contributed by atoms with Gasteiger partial charge >= 0.3 is 12.3 Å². The number of nitrogens with one attached hydrogen (secondary N) is 2. The first-order chi connectivity index (χ1) is 14.6. The molecule has 2 amide bonds. The third kappa shape index (κ3) is 6.09. The minimum absolute atomic E-state index is 0.0809. The van der Waals surface area contributed by atoms with Gasteiger partial charge in [-0.2, -0.15) is 18.3 Å². The number of aromatic nitrogens is 3. The average molecular weight is 441 g/mol. The van der Waals surface area contributed by atoms with Gasteiger partial charge in [0.25, 0.3) is 0 Å². The van der Waals surface area contributed by atoms with Gasteiger partial charge in [0, 0.05) is 36.0 Å². The van der Waals surface area contributed by atoms with E-state index in [9.17, 15) is 22.8 Å². The van der Waals surface area contributed by atoms with Crippen molar-refractivity contribution in [2.24, 2.45) is 0 Å². The summed E-state index contributed by atoms with van der Waals surface area (Å²) in [6, 6.07) is 4.22. The van der Waals surface area contributed by atoms with Gasteiger partial charge in [-0.1, -0.05) is 0 Å². The maximum Gasteiger partial charge on any atom is 0.407 e. The van der Waals surface area contributed by atoms with Crippen LogP contribution in [-0.4, -0.2) is 63.1 Å². The van der Waals surface area contributed by atoms with Crippen LogP contribution in [0.2, 0.25) is 0 Å². The maximum absolute atomic E-state index is 12.7. The van der Waals surface area contributed by atoms with Crippen molar-refractivity contribution in [3.63, 3.8) is 0 Å². The van der Waals surface area contributed by atoms with Crippen LogP contribution in [0.5, 0.6) is 5.88 Å². The fourth-order valence-electron chi connectivity index (χ4n) is 3.72. The molecule has 1 aliphatic carbocycles. The van der Waals surface area contributed by atoms with Gasteiger partial charge in [-0.3, -0.25) is 14.8 Å². The second-order valence-corrected chi connectivity index (χ2v) is 7.33. The molecule has 2 atom stereocenters. The summed E-state index contributed by atoms with van der Waals surface area (Å²) in [5.41, 5.74) is 1.35. The molecule has 2 aromatic rings. The zero-order valence-electron chi connectivity index (χ0n) is 16.6. The highest BCUT2D eigenvalue weighted by Crippen LogP contribution is 2.37. The molecule has 1 aliphatic rings. The highest BCUT2D eigenvalue weighted by atomic mass is 19.4. The summed E-state index contributed by atoms with van der Waals surface area (Å²) in [7, 11) is 1.48. The first-order valence-electron chi connectivity index (χ1n) is 9.55. The predicted octanol–water partition coefficient (Wildman–Crippen LogP) is 3.17. The lowest BCUT2D eigenvalue weighted by Crippen LogP contribution is -2.44. The minimum atomic E-state index is -4.60. The highest BCUT2D eigenvalue weighted by molar-refractivity contribution is 5.91. The number of H-pyrrole nitrogens is 1. The number of hydrogen-bond donors (Lipinski definition) is 3. The molecule has 0 spiro atoms. The molecule has 3 rings (SSSR count). The standard InChI is InChI=1S/C19H22F3N5O4/c1-31-17-7-11(4-5-23-17)6-16(28)24-15-9-14(25-26-15)12-2-3-13(8-12)27(18(29)30)10-19(20,21)22/h4-5,7,9,12-13H,2-3,6,8,10H2,1H3,(H,29,30)(H2,24,25,26,28)/t12-,13+/m0/s1. The van der Waals surface area contributed by atoms with Gasteiger partial charge in [0.2, 0.25) is 11.8 Å². The molecular weight excluding hydrogens is 419 g/mol. The van der Waals surface area contributed by atoms with E-state index >= 15 is 0 Å². The first kappa shape index (κ1) is 22.4. The van der Waals surface area contributed by atoms with E-state index in [1.54, 1.807) is 18.2 Å². The van der Waals surface area contributed by atoms with Crippen molar-refractivity contribution >= 4 is 17.8 Å². The lowest BCUT2D eigenvalue weighted by atomic mass is 10.0. The Morgan fingerprint density at radius 3 is 2.81 bits per heavy atom. The van der Waals surface area contributed by atoms with E-state index in [-0.39, 0.29) is 30.5 Å². The summed E-state index contributed by atoms with van der Waals surface area (Å²) in [5, 5.41) is 18.6. The number of aromatic amines is 1. The topological polar surface area (TPSA) is 120 Å². The van der Waals surface area contributed by atoms with Crippen LogP contribution in [-0.2, 0) is 11.2 Å². The summed E-state index contributed by atoms with van der Waals surface area (Å²) in [4.78, 5) is 27.9. The zero-order chi connectivity index (χ0) is 22.6. The number of pyridine rings is 1. The maximum atomic E-state index is 12.7. The van der Waals surface area contributed by atoms with E-state index in [0.717, 1.165) is 0 Å². The molecule has 0 radical (unpaired) electrons. The third-order valence-corrected chi connectivity index (χ3v) is 5.12. The number of ether oxygens (including phenoxy) is 1. The van der Waals surface area contributed by atoms with Crippen LogP contribution in [0.4, 0.5) is 23.8 Å². The second kappa shape index (κ2) is 9.23. The molecule has 9 nitrogen and oxygen atoms in total. The van der Waals surface area contributed by atoms with Gasteiger partial charge in [0.1, 0.15) is 6.54 Å². The van der Waals surface area contributed by atoms with E-state index < -0.39 is 24.9 Å². The number of amides is 2. The zero-order valence-corrected chi connectivity index (χ0v) is 16.6. The number of alkyl halides is 3. The molecule has 0 bridgehead atoms. The van der Waals surface area contributed by atoms with E-state index in [0.29, 0.717) is 34.9 Å². The second-order valence-electron chi connectivity index (χ2n) is 7.33. The molecule has 168 valence electrons. The van der Waals surface area contributed by atoms with Gasteiger partial charge in [0.05, 0.1) is 13.5 Å². The summed E-state index contributed by atoms with van der Waals surface area (Å²) in [6.07, 6.45) is -3.50. The van der Waals surface area contributed by atoms with Crippen LogP contribution < -0.4 is 10.1 Å².